The fourth-order valence-corrected chi connectivity index (χ4v) is 0. The minimum atomic E-state index is -0.545. The minimum absolute atomic E-state index is 0.469. The van der Waals surface area contributed by atoms with Gasteiger partial charge in [0.2, 0.25) is 0 Å². The first-order valence-electron chi connectivity index (χ1n) is 1.03. The van der Waals surface area contributed by atoms with Crippen LogP contribution in [0.1, 0.15) is 0 Å². The van der Waals surface area contributed by atoms with Crippen molar-refractivity contribution in [1.82, 2.24) is 0 Å². The molecule has 4 heteroatoms. The van der Waals surface area contributed by atoms with Gasteiger partial charge in [-0.3, -0.25) is 0 Å². The molecular weight excluding hydrogens is 231 g/mol. The van der Waals surface area contributed by atoms with Crippen LogP contribution in [0.15, 0.2) is 0 Å². The molecule has 1 atom stereocenters. The summed E-state index contributed by atoms with van der Waals surface area (Å²) in [6.45, 7) is 0. The zero-order chi connectivity index (χ0) is 4.28. The molecule has 0 aliphatic rings. The molecular formula is CH2AsCdO2. The molecule has 0 bridgehead atoms. The van der Waals surface area contributed by atoms with Crippen LogP contribution >= 0.6 is 0 Å². The van der Waals surface area contributed by atoms with E-state index in [-0.39, 0.29) is 0 Å². The zero-order valence-corrected chi connectivity index (χ0v) is 8.70. The van der Waals surface area contributed by atoms with Crippen molar-refractivity contribution in [2.45, 2.75) is 0 Å². The van der Waals surface area contributed by atoms with Crippen LogP contribution in [-0.4, -0.2) is 21.5 Å². The predicted octanol–water partition coefficient (Wildman–Crippen LogP) is -0.437. The van der Waals surface area contributed by atoms with Gasteiger partial charge in [-0.25, -0.2) is 0 Å². The Morgan fingerprint density at radius 2 is 2.20 bits per heavy atom. The Morgan fingerprint density at radius 3 is 2.20 bits per heavy atom. The molecule has 0 saturated carbocycles. The van der Waals surface area contributed by atoms with E-state index < -0.39 is 16.4 Å². The number of carbonyl (C=O) groups is 1. The summed E-state index contributed by atoms with van der Waals surface area (Å²) in [6.07, 6.45) is 0. The zero-order valence-electron chi connectivity index (χ0n) is 2.56. The molecule has 0 aromatic heterocycles. The monoisotopic (exact) mass is 235 g/mol. The second kappa shape index (κ2) is 3.15. The summed E-state index contributed by atoms with van der Waals surface area (Å²) in [4.78, 5) is 9.47. The molecule has 0 aromatic carbocycles. The molecule has 0 heterocycles. The van der Waals surface area contributed by atoms with Crippen molar-refractivity contribution in [2.75, 3.05) is 0 Å². The molecule has 5 heavy (non-hydrogen) atoms. The van der Waals surface area contributed by atoms with Crippen LogP contribution in [0.5, 0.6) is 0 Å². The van der Waals surface area contributed by atoms with E-state index in [1.165, 1.54) is 0 Å². The molecule has 0 aromatic rings. The topological polar surface area (TPSA) is 37.3 Å². The van der Waals surface area contributed by atoms with Gasteiger partial charge in [0, 0.05) is 0 Å². The summed E-state index contributed by atoms with van der Waals surface area (Å²) in [5.74, 6) is 0. The quantitative estimate of drug-likeness (QED) is 0.624. The third-order valence-electron chi connectivity index (χ3n) is 0.151. The number of carboxylic acid groups (broad SMARTS) is 1. The van der Waals surface area contributed by atoms with Gasteiger partial charge < -0.3 is 0 Å². The third kappa shape index (κ3) is 4.95. The van der Waals surface area contributed by atoms with Crippen LogP contribution in [0.4, 0.5) is 4.79 Å². The van der Waals surface area contributed by atoms with Crippen LogP contribution < -0.4 is 0 Å². The van der Waals surface area contributed by atoms with Crippen molar-refractivity contribution in [3.8, 4) is 0 Å². The normalized spacial score (nSPS) is 10.0. The van der Waals surface area contributed by atoms with Gasteiger partial charge in [-0.15, -0.1) is 0 Å². The van der Waals surface area contributed by atoms with E-state index in [0.29, 0.717) is 23.1 Å². The Morgan fingerprint density at radius 1 is 2.00 bits per heavy atom. The van der Waals surface area contributed by atoms with Crippen LogP contribution in [-0.2, 0) is 23.1 Å². The van der Waals surface area contributed by atoms with Crippen LogP contribution in [0.25, 0.3) is 0 Å². The summed E-state index contributed by atoms with van der Waals surface area (Å²) in [5, 5.41) is 7.82. The molecule has 0 aliphatic carbocycles. The molecule has 0 spiro atoms. The molecule has 0 radical (unpaired) electrons. The summed E-state index contributed by atoms with van der Waals surface area (Å²) >= 11 is 0.245. The van der Waals surface area contributed by atoms with Crippen molar-refractivity contribution in [3.63, 3.8) is 0 Å². The van der Waals surface area contributed by atoms with E-state index in [0.717, 1.165) is 0 Å². The molecule has 0 amide bonds. The Balaban J connectivity index is 2.85. The number of hydrogen-bond acceptors (Lipinski definition) is 1. The van der Waals surface area contributed by atoms with Crippen molar-refractivity contribution in [3.05, 3.63) is 0 Å². The maximum absolute atomic E-state index is 9.47. The molecule has 1 N–H and O–H groups in total. The molecule has 0 fully saturated rings. The van der Waals surface area contributed by atoms with E-state index in [4.69, 9.17) is 5.11 Å². The van der Waals surface area contributed by atoms with Gasteiger partial charge in [0.25, 0.3) is 0 Å². The summed E-state index contributed by atoms with van der Waals surface area (Å²) in [7, 11) is 0. The molecule has 0 saturated heterocycles. The SMILES string of the molecule is O=C(O)[AsH][Cd]. The Kier molecular flexibility index (Phi) is 3.75. The molecule has 0 aliphatic heterocycles. The van der Waals surface area contributed by atoms with Gasteiger partial charge in [-0.05, 0) is 0 Å². The van der Waals surface area contributed by atoms with E-state index in [1.807, 2.05) is 0 Å². The second-order valence-electron chi connectivity index (χ2n) is 0.482. The first kappa shape index (κ1) is 5.95. The van der Waals surface area contributed by atoms with E-state index in [2.05, 4.69) is 0 Å². The molecule has 1 unspecified atom stereocenters. The fraction of sp³-hybridized carbons (Fsp3) is 0. The summed E-state index contributed by atoms with van der Waals surface area (Å²) < 4.78 is -0.545. The van der Waals surface area contributed by atoms with E-state index in [9.17, 15) is 4.79 Å². The summed E-state index contributed by atoms with van der Waals surface area (Å²) in [5.41, 5.74) is 0. The van der Waals surface area contributed by atoms with Gasteiger partial charge in [0.1, 0.15) is 0 Å². The van der Waals surface area contributed by atoms with Gasteiger partial charge in [0.05, 0.1) is 0 Å². The third-order valence-corrected chi connectivity index (χ3v) is 5.27. The van der Waals surface area contributed by atoms with Gasteiger partial charge in [-0.2, -0.15) is 0 Å². The average Bonchev–Trinajstić information content (AvgIpc) is 1.38. The van der Waals surface area contributed by atoms with E-state index in [1.54, 1.807) is 0 Å². The Labute approximate surface area is 49.2 Å². The van der Waals surface area contributed by atoms with Crippen LogP contribution in [0.2, 0.25) is 0 Å². The van der Waals surface area contributed by atoms with Crippen LogP contribution in [0, 0.1) is 0 Å². The summed E-state index contributed by atoms with van der Waals surface area (Å²) in [6, 6.07) is 0. The standard InChI is InChI=1S/CH2AsO2.Cd/c2-1(3)4;/h2H,(H,3,4);/q-1;+1. The van der Waals surface area contributed by atoms with Crippen LogP contribution in [0.3, 0.4) is 0 Å². The van der Waals surface area contributed by atoms with Gasteiger partial charge in [0.15, 0.2) is 0 Å². The van der Waals surface area contributed by atoms with Gasteiger partial charge >= 0.3 is 49.4 Å². The fourth-order valence-electron chi connectivity index (χ4n) is 0. The van der Waals surface area contributed by atoms with Gasteiger partial charge in [-0.1, -0.05) is 0 Å². The maximum atomic E-state index is 9.47. The second-order valence-corrected chi connectivity index (χ2v) is 7.36. The molecule has 25 valence electrons. The first-order chi connectivity index (χ1) is 2.27. The first-order valence-corrected chi connectivity index (χ1v) is 14.1. The number of rotatable bonds is 1. The Bertz CT molecular complexity index is 44.9. The van der Waals surface area contributed by atoms with Crippen molar-refractivity contribution >= 4 is 16.4 Å². The molecule has 0 rings (SSSR count). The Hall–Kier alpha value is 0.951. The van der Waals surface area contributed by atoms with Crippen molar-refractivity contribution in [1.29, 1.82) is 0 Å². The van der Waals surface area contributed by atoms with Crippen molar-refractivity contribution in [2.24, 2.45) is 0 Å². The molecule has 2 nitrogen and oxygen atoms in total. The number of hydrogen-bond donors (Lipinski definition) is 1. The predicted molar refractivity (Wildman–Crippen MR) is 15.2 cm³/mol. The van der Waals surface area contributed by atoms with Crippen molar-refractivity contribution < 1.29 is 33.0 Å². The van der Waals surface area contributed by atoms with E-state index >= 15 is 0 Å². The average molecular weight is 233 g/mol.